The Morgan fingerprint density at radius 3 is 1.18 bits per heavy atom. The van der Waals surface area contributed by atoms with E-state index in [9.17, 15) is 9.59 Å². The first kappa shape index (κ1) is 17.0. The molecular weight excluding hydrogens is 284 g/mol. The van der Waals surface area contributed by atoms with Crippen LogP contribution < -0.4 is 20.9 Å². The number of ether oxygens (including phenoxy) is 2. The van der Waals surface area contributed by atoms with Crippen LogP contribution in [0.5, 0.6) is 11.5 Å². The van der Waals surface area contributed by atoms with Crippen molar-refractivity contribution < 1.29 is 19.1 Å². The van der Waals surface area contributed by atoms with Gasteiger partial charge in [-0.2, -0.15) is 0 Å². The Balaban J connectivity index is 0.000000220. The van der Waals surface area contributed by atoms with Crippen molar-refractivity contribution >= 4 is 23.3 Å². The number of nitrogens with two attached hydrogens (primary N) is 2. The molecule has 0 aliphatic rings. The van der Waals surface area contributed by atoms with E-state index in [4.69, 9.17) is 20.9 Å². The molecule has 116 valence electrons. The SMILES string of the molecule is CC(=O)Oc1ccc(N)cc1.CC(=O)Oc1ccc(N)cc1. The number of carbonyl (C=O) groups excluding carboxylic acids is 2. The van der Waals surface area contributed by atoms with E-state index in [1.807, 2.05) is 0 Å². The van der Waals surface area contributed by atoms with Crippen LogP contribution >= 0.6 is 0 Å². The van der Waals surface area contributed by atoms with Gasteiger partial charge in [-0.1, -0.05) is 0 Å². The van der Waals surface area contributed by atoms with E-state index in [1.54, 1.807) is 48.5 Å². The van der Waals surface area contributed by atoms with E-state index in [2.05, 4.69) is 0 Å². The molecule has 0 aromatic heterocycles. The third-order valence-corrected chi connectivity index (χ3v) is 2.28. The zero-order valence-electron chi connectivity index (χ0n) is 12.4. The standard InChI is InChI=1S/2C8H9NO2/c2*1-6(10)11-8-4-2-7(9)3-5-8/h2*2-5H,9H2,1H3. The molecule has 6 heteroatoms. The molecule has 0 heterocycles. The van der Waals surface area contributed by atoms with E-state index >= 15 is 0 Å². The van der Waals surface area contributed by atoms with Gasteiger partial charge in [-0.25, -0.2) is 0 Å². The number of carbonyl (C=O) groups is 2. The molecule has 22 heavy (non-hydrogen) atoms. The number of nitrogen functional groups attached to an aromatic ring is 2. The summed E-state index contributed by atoms with van der Waals surface area (Å²) in [7, 11) is 0. The van der Waals surface area contributed by atoms with Crippen LogP contribution in [0.1, 0.15) is 13.8 Å². The fraction of sp³-hybridized carbons (Fsp3) is 0.125. The third kappa shape index (κ3) is 6.95. The van der Waals surface area contributed by atoms with Gasteiger partial charge >= 0.3 is 11.9 Å². The molecule has 6 nitrogen and oxygen atoms in total. The molecule has 0 spiro atoms. The lowest BCUT2D eigenvalue weighted by atomic mass is 10.3. The first-order valence-electron chi connectivity index (χ1n) is 6.44. The maximum atomic E-state index is 10.4. The highest BCUT2D eigenvalue weighted by Gasteiger charge is 1.96. The van der Waals surface area contributed by atoms with E-state index < -0.39 is 0 Å². The number of anilines is 2. The molecule has 0 fully saturated rings. The minimum Gasteiger partial charge on any atom is -0.427 e. The monoisotopic (exact) mass is 302 g/mol. The molecule has 0 aliphatic carbocycles. The van der Waals surface area contributed by atoms with Gasteiger partial charge < -0.3 is 20.9 Å². The highest BCUT2D eigenvalue weighted by atomic mass is 16.5. The Bertz CT molecular complexity index is 564. The van der Waals surface area contributed by atoms with Crippen molar-refractivity contribution in [2.75, 3.05) is 11.5 Å². The maximum absolute atomic E-state index is 10.4. The molecule has 0 radical (unpaired) electrons. The number of rotatable bonds is 2. The summed E-state index contributed by atoms with van der Waals surface area (Å²) < 4.78 is 9.55. The minimum absolute atomic E-state index is 0.324. The topological polar surface area (TPSA) is 105 Å². The number of hydrogen-bond acceptors (Lipinski definition) is 6. The lowest BCUT2D eigenvalue weighted by Crippen LogP contribution is -2.00. The Labute approximate surface area is 128 Å². The molecule has 0 bridgehead atoms. The van der Waals surface area contributed by atoms with Crippen LogP contribution in [-0.4, -0.2) is 11.9 Å². The number of esters is 2. The van der Waals surface area contributed by atoms with Gasteiger partial charge in [0, 0.05) is 25.2 Å². The van der Waals surface area contributed by atoms with Gasteiger partial charge in [0.25, 0.3) is 0 Å². The molecular formula is C16H18N2O4. The average Bonchev–Trinajstić information content (AvgIpc) is 2.44. The van der Waals surface area contributed by atoms with Crippen LogP contribution in [0.3, 0.4) is 0 Å². The van der Waals surface area contributed by atoms with Gasteiger partial charge in [-0.05, 0) is 48.5 Å². The minimum atomic E-state index is -0.324. The summed E-state index contributed by atoms with van der Waals surface area (Å²) in [5.41, 5.74) is 12.1. The van der Waals surface area contributed by atoms with Crippen molar-refractivity contribution in [1.82, 2.24) is 0 Å². The van der Waals surface area contributed by atoms with E-state index in [0.717, 1.165) is 0 Å². The molecule has 2 rings (SSSR count). The highest BCUT2D eigenvalue weighted by molar-refractivity contribution is 5.69. The van der Waals surface area contributed by atoms with Crippen molar-refractivity contribution in [3.05, 3.63) is 48.5 Å². The second-order valence-corrected chi connectivity index (χ2v) is 4.33. The highest BCUT2D eigenvalue weighted by Crippen LogP contribution is 2.13. The van der Waals surface area contributed by atoms with E-state index in [-0.39, 0.29) is 11.9 Å². The van der Waals surface area contributed by atoms with Gasteiger partial charge in [-0.3, -0.25) is 9.59 Å². The summed E-state index contributed by atoms with van der Waals surface area (Å²) in [6.45, 7) is 2.71. The molecule has 0 aliphatic heterocycles. The molecule has 0 saturated heterocycles. The quantitative estimate of drug-likeness (QED) is 0.501. The first-order chi connectivity index (χ1) is 10.4. The van der Waals surface area contributed by atoms with Crippen LogP contribution in [0.15, 0.2) is 48.5 Å². The summed E-state index contributed by atoms with van der Waals surface area (Å²) in [6.07, 6.45) is 0. The van der Waals surface area contributed by atoms with Crippen molar-refractivity contribution in [2.24, 2.45) is 0 Å². The Morgan fingerprint density at radius 1 is 0.682 bits per heavy atom. The smallest absolute Gasteiger partial charge is 0.308 e. The fourth-order valence-electron chi connectivity index (χ4n) is 1.40. The van der Waals surface area contributed by atoms with Crippen molar-refractivity contribution in [2.45, 2.75) is 13.8 Å². The maximum Gasteiger partial charge on any atom is 0.308 e. The molecule has 4 N–H and O–H groups in total. The van der Waals surface area contributed by atoms with Gasteiger partial charge in [0.15, 0.2) is 0 Å². The van der Waals surface area contributed by atoms with Crippen LogP contribution in [0.2, 0.25) is 0 Å². The Kier molecular flexibility index (Phi) is 6.43. The zero-order valence-corrected chi connectivity index (χ0v) is 12.4. The van der Waals surface area contributed by atoms with Crippen LogP contribution in [0, 0.1) is 0 Å². The van der Waals surface area contributed by atoms with Gasteiger partial charge in [-0.15, -0.1) is 0 Å². The predicted octanol–water partition coefficient (Wildman–Crippen LogP) is 2.39. The third-order valence-electron chi connectivity index (χ3n) is 2.28. The van der Waals surface area contributed by atoms with E-state index in [0.29, 0.717) is 22.9 Å². The number of benzene rings is 2. The summed E-state index contributed by atoms with van der Waals surface area (Å²) in [5, 5.41) is 0. The Morgan fingerprint density at radius 2 is 0.955 bits per heavy atom. The van der Waals surface area contributed by atoms with Crippen molar-refractivity contribution in [1.29, 1.82) is 0 Å². The second-order valence-electron chi connectivity index (χ2n) is 4.33. The summed E-state index contributed by atoms with van der Waals surface area (Å²) in [5.74, 6) is 0.392. The summed E-state index contributed by atoms with van der Waals surface area (Å²) >= 11 is 0. The zero-order chi connectivity index (χ0) is 16.5. The van der Waals surface area contributed by atoms with Gasteiger partial charge in [0.1, 0.15) is 11.5 Å². The van der Waals surface area contributed by atoms with Gasteiger partial charge in [0.2, 0.25) is 0 Å². The molecule has 0 saturated carbocycles. The van der Waals surface area contributed by atoms with E-state index in [1.165, 1.54) is 13.8 Å². The van der Waals surface area contributed by atoms with Crippen molar-refractivity contribution in [3.63, 3.8) is 0 Å². The lowest BCUT2D eigenvalue weighted by molar-refractivity contribution is -0.132. The van der Waals surface area contributed by atoms with Gasteiger partial charge in [0.05, 0.1) is 0 Å². The summed E-state index contributed by atoms with van der Waals surface area (Å²) in [6, 6.07) is 13.3. The molecule has 0 amide bonds. The average molecular weight is 302 g/mol. The van der Waals surface area contributed by atoms with Crippen LogP contribution in [0.25, 0.3) is 0 Å². The molecule has 2 aromatic rings. The van der Waals surface area contributed by atoms with Crippen LogP contribution in [0.4, 0.5) is 11.4 Å². The lowest BCUT2D eigenvalue weighted by Gasteiger charge is -1.99. The normalized spacial score (nSPS) is 9.18. The first-order valence-corrected chi connectivity index (χ1v) is 6.44. The van der Waals surface area contributed by atoms with Crippen LogP contribution in [-0.2, 0) is 9.59 Å². The Hall–Kier alpha value is -3.02. The molecule has 0 unspecified atom stereocenters. The predicted molar refractivity (Wildman–Crippen MR) is 84.3 cm³/mol. The summed E-state index contributed by atoms with van der Waals surface area (Å²) in [4.78, 5) is 20.9. The van der Waals surface area contributed by atoms with Crippen molar-refractivity contribution in [3.8, 4) is 11.5 Å². The number of hydrogen-bond donors (Lipinski definition) is 2. The second kappa shape index (κ2) is 8.31. The fourth-order valence-corrected chi connectivity index (χ4v) is 1.40. The molecule has 0 atom stereocenters. The largest absolute Gasteiger partial charge is 0.427 e. The molecule has 2 aromatic carbocycles.